The van der Waals surface area contributed by atoms with Crippen molar-refractivity contribution in [3.63, 3.8) is 0 Å². The third kappa shape index (κ3) is 4.71. The molecule has 0 saturated carbocycles. The molecule has 0 radical (unpaired) electrons. The Morgan fingerprint density at radius 1 is 0.926 bits per heavy atom. The zero-order chi connectivity index (χ0) is 19.4. The molecule has 0 bridgehead atoms. The molecule has 136 valence electrons. The molecule has 0 aliphatic heterocycles. The molecule has 6 heteroatoms. The van der Waals surface area contributed by atoms with Crippen LogP contribution in [0.5, 0.6) is 5.75 Å². The fourth-order valence-electron chi connectivity index (χ4n) is 2.45. The van der Waals surface area contributed by atoms with E-state index in [9.17, 15) is 14.0 Å². The number of halogens is 2. The van der Waals surface area contributed by atoms with Gasteiger partial charge >= 0.3 is 5.97 Å². The van der Waals surface area contributed by atoms with Crippen LogP contribution in [-0.4, -0.2) is 11.9 Å². The summed E-state index contributed by atoms with van der Waals surface area (Å²) in [5.74, 6) is -0.804. The van der Waals surface area contributed by atoms with E-state index < -0.39 is 11.8 Å². The van der Waals surface area contributed by atoms with Crippen LogP contribution < -0.4 is 10.1 Å². The average Bonchev–Trinajstić information content (AvgIpc) is 2.65. The second-order valence-electron chi connectivity index (χ2n) is 5.80. The number of rotatable bonds is 4. The van der Waals surface area contributed by atoms with Crippen molar-refractivity contribution in [1.82, 2.24) is 0 Å². The zero-order valence-electron chi connectivity index (χ0n) is 14.3. The summed E-state index contributed by atoms with van der Waals surface area (Å²) in [6.45, 7) is 1.41. The highest BCUT2D eigenvalue weighted by molar-refractivity contribution is 6.31. The molecule has 3 rings (SSSR count). The molecular formula is C21H15ClFNO3. The second-order valence-corrected chi connectivity index (χ2v) is 6.21. The summed E-state index contributed by atoms with van der Waals surface area (Å²) in [5, 5.41) is 2.67. The van der Waals surface area contributed by atoms with E-state index >= 15 is 0 Å². The quantitative estimate of drug-likeness (QED) is 0.489. The maximum absolute atomic E-state index is 13.3. The van der Waals surface area contributed by atoms with Gasteiger partial charge in [-0.3, -0.25) is 4.79 Å². The van der Waals surface area contributed by atoms with Crippen molar-refractivity contribution >= 4 is 29.2 Å². The summed E-state index contributed by atoms with van der Waals surface area (Å²) in [6.07, 6.45) is 0. The Labute approximate surface area is 160 Å². The molecule has 0 atom stereocenters. The number of anilines is 1. The van der Waals surface area contributed by atoms with Gasteiger partial charge in [0.15, 0.2) is 0 Å². The van der Waals surface area contributed by atoms with Crippen LogP contribution in [0.2, 0.25) is 5.02 Å². The van der Waals surface area contributed by atoms with Crippen LogP contribution in [-0.2, 0) is 4.79 Å². The monoisotopic (exact) mass is 383 g/mol. The Balaban J connectivity index is 1.70. The minimum Gasteiger partial charge on any atom is -0.423 e. The fourth-order valence-corrected chi connectivity index (χ4v) is 2.63. The van der Waals surface area contributed by atoms with Gasteiger partial charge in [-0.2, -0.15) is 0 Å². The van der Waals surface area contributed by atoms with Gasteiger partial charge in [0.2, 0.25) is 5.91 Å². The highest BCUT2D eigenvalue weighted by Crippen LogP contribution is 2.25. The smallest absolute Gasteiger partial charge is 0.343 e. The molecule has 0 heterocycles. The first kappa shape index (κ1) is 18.6. The van der Waals surface area contributed by atoms with Crippen molar-refractivity contribution in [1.29, 1.82) is 0 Å². The maximum Gasteiger partial charge on any atom is 0.343 e. The first-order chi connectivity index (χ1) is 12.9. The highest BCUT2D eigenvalue weighted by atomic mass is 35.5. The average molecular weight is 384 g/mol. The minimum atomic E-state index is -0.508. The third-order valence-corrected chi connectivity index (χ3v) is 4.05. The van der Waals surface area contributed by atoms with Gasteiger partial charge in [0.25, 0.3) is 0 Å². The van der Waals surface area contributed by atoms with Crippen LogP contribution in [0, 0.1) is 5.82 Å². The number of hydrogen-bond acceptors (Lipinski definition) is 3. The SMILES string of the molecule is CC(=O)Nc1ccc(OC(=O)c2ccc(-c3ccc(F)c(Cl)c3)cc2)cc1. The molecule has 4 nitrogen and oxygen atoms in total. The Morgan fingerprint density at radius 3 is 2.15 bits per heavy atom. The first-order valence-electron chi connectivity index (χ1n) is 8.08. The largest absolute Gasteiger partial charge is 0.423 e. The molecule has 0 fully saturated rings. The molecule has 0 saturated heterocycles. The van der Waals surface area contributed by atoms with Crippen molar-refractivity contribution in [3.8, 4) is 16.9 Å². The summed E-state index contributed by atoms with van der Waals surface area (Å²) < 4.78 is 18.6. The van der Waals surface area contributed by atoms with Gasteiger partial charge in [-0.05, 0) is 59.7 Å². The Morgan fingerprint density at radius 2 is 1.56 bits per heavy atom. The van der Waals surface area contributed by atoms with Crippen LogP contribution in [0.3, 0.4) is 0 Å². The molecule has 3 aromatic rings. The molecule has 1 N–H and O–H groups in total. The van der Waals surface area contributed by atoms with Gasteiger partial charge in [0.05, 0.1) is 10.6 Å². The van der Waals surface area contributed by atoms with Gasteiger partial charge in [0, 0.05) is 12.6 Å². The normalized spacial score (nSPS) is 10.3. The Bertz CT molecular complexity index is 985. The van der Waals surface area contributed by atoms with Crippen molar-refractivity contribution in [2.75, 3.05) is 5.32 Å². The molecule has 0 unspecified atom stereocenters. The predicted molar refractivity (Wildman–Crippen MR) is 103 cm³/mol. The summed E-state index contributed by atoms with van der Waals surface area (Å²) in [4.78, 5) is 23.3. The van der Waals surface area contributed by atoms with E-state index in [1.807, 2.05) is 0 Å². The molecule has 3 aromatic carbocycles. The van der Waals surface area contributed by atoms with Gasteiger partial charge in [0.1, 0.15) is 11.6 Å². The third-order valence-electron chi connectivity index (χ3n) is 3.76. The fraction of sp³-hybridized carbons (Fsp3) is 0.0476. The number of hydrogen-bond donors (Lipinski definition) is 1. The van der Waals surface area contributed by atoms with Crippen LogP contribution in [0.25, 0.3) is 11.1 Å². The van der Waals surface area contributed by atoms with Crippen molar-refractivity contribution in [2.45, 2.75) is 6.92 Å². The van der Waals surface area contributed by atoms with Gasteiger partial charge in [-0.25, -0.2) is 9.18 Å². The molecule has 0 aliphatic carbocycles. The molecule has 27 heavy (non-hydrogen) atoms. The lowest BCUT2D eigenvalue weighted by atomic mass is 10.0. The first-order valence-corrected chi connectivity index (χ1v) is 8.45. The number of nitrogens with one attached hydrogen (secondary N) is 1. The van der Waals surface area contributed by atoms with Crippen molar-refractivity contribution < 1.29 is 18.7 Å². The van der Waals surface area contributed by atoms with E-state index in [2.05, 4.69) is 5.32 Å². The lowest BCUT2D eigenvalue weighted by Crippen LogP contribution is -2.09. The van der Waals surface area contributed by atoms with E-state index in [0.717, 1.165) is 11.1 Å². The lowest BCUT2D eigenvalue weighted by molar-refractivity contribution is -0.114. The maximum atomic E-state index is 13.3. The number of carbonyl (C=O) groups excluding carboxylic acids is 2. The van der Waals surface area contributed by atoms with E-state index in [1.165, 1.54) is 19.1 Å². The molecule has 1 amide bonds. The summed E-state index contributed by atoms with van der Waals surface area (Å²) >= 11 is 5.80. The van der Waals surface area contributed by atoms with E-state index in [0.29, 0.717) is 17.0 Å². The highest BCUT2D eigenvalue weighted by Gasteiger charge is 2.10. The number of esters is 1. The van der Waals surface area contributed by atoms with Gasteiger partial charge < -0.3 is 10.1 Å². The summed E-state index contributed by atoms with van der Waals surface area (Å²) in [6, 6.07) is 17.6. The summed E-state index contributed by atoms with van der Waals surface area (Å²) in [5.41, 5.74) is 2.53. The molecule has 0 aromatic heterocycles. The number of carbonyl (C=O) groups is 2. The lowest BCUT2D eigenvalue weighted by Gasteiger charge is -2.07. The predicted octanol–water partition coefficient (Wildman–Crippen LogP) is 5.32. The second kappa shape index (κ2) is 8.01. The minimum absolute atomic E-state index is 0.0405. The number of ether oxygens (including phenoxy) is 1. The molecule has 0 spiro atoms. The van der Waals surface area contributed by atoms with Crippen molar-refractivity contribution in [2.24, 2.45) is 0 Å². The number of amides is 1. The van der Waals surface area contributed by atoms with Gasteiger partial charge in [-0.15, -0.1) is 0 Å². The van der Waals surface area contributed by atoms with Crippen LogP contribution in [0.4, 0.5) is 10.1 Å². The van der Waals surface area contributed by atoms with Crippen LogP contribution in [0.15, 0.2) is 66.7 Å². The summed E-state index contributed by atoms with van der Waals surface area (Å²) in [7, 11) is 0. The standard InChI is InChI=1S/C21H15ClFNO3/c1-13(25)24-17-7-9-18(10-8-17)27-21(26)15-4-2-14(3-5-15)16-6-11-20(23)19(22)12-16/h2-12H,1H3,(H,24,25). The zero-order valence-corrected chi connectivity index (χ0v) is 15.1. The Kier molecular flexibility index (Phi) is 5.52. The van der Waals surface area contributed by atoms with E-state index in [1.54, 1.807) is 54.6 Å². The molecular weight excluding hydrogens is 369 g/mol. The molecule has 0 aliphatic rings. The van der Waals surface area contributed by atoms with E-state index in [-0.39, 0.29) is 10.9 Å². The van der Waals surface area contributed by atoms with Crippen molar-refractivity contribution in [3.05, 3.63) is 83.1 Å². The van der Waals surface area contributed by atoms with Gasteiger partial charge in [-0.1, -0.05) is 29.8 Å². The number of benzene rings is 3. The Hall–Kier alpha value is -3.18. The van der Waals surface area contributed by atoms with Crippen LogP contribution >= 0.6 is 11.6 Å². The van der Waals surface area contributed by atoms with E-state index in [4.69, 9.17) is 16.3 Å². The van der Waals surface area contributed by atoms with Crippen LogP contribution in [0.1, 0.15) is 17.3 Å². The topological polar surface area (TPSA) is 55.4 Å².